The van der Waals surface area contributed by atoms with E-state index in [0.29, 0.717) is 12.2 Å². The number of nitrogens with one attached hydrogen (secondary N) is 1. The first-order chi connectivity index (χ1) is 8.86. The lowest BCUT2D eigenvalue weighted by Gasteiger charge is -2.13. The predicted molar refractivity (Wildman–Crippen MR) is 69.3 cm³/mol. The number of carbonyl (C=O) groups is 1. The second-order valence-electron chi connectivity index (χ2n) is 4.60. The molecule has 2 heterocycles. The number of unbranched alkanes of at least 4 members (excludes halogenated alkanes) is 1. The molecule has 0 aliphatic carbocycles. The van der Waals surface area contributed by atoms with Gasteiger partial charge in [-0.2, -0.15) is 0 Å². The Morgan fingerprint density at radius 1 is 1.28 bits per heavy atom. The lowest BCUT2D eigenvalue weighted by molar-refractivity contribution is 0.0947. The van der Waals surface area contributed by atoms with E-state index >= 15 is 0 Å². The van der Waals surface area contributed by atoms with Gasteiger partial charge in [0.25, 0.3) is 5.91 Å². The maximum atomic E-state index is 11.6. The molecule has 1 fully saturated rings. The quantitative estimate of drug-likeness (QED) is 0.765. The summed E-state index contributed by atoms with van der Waals surface area (Å²) in [6.45, 7) is 4.35. The molecule has 0 unspecified atom stereocenters. The van der Waals surface area contributed by atoms with Crippen LogP contribution in [0.5, 0.6) is 0 Å². The summed E-state index contributed by atoms with van der Waals surface area (Å²) in [7, 11) is 0. The highest BCUT2D eigenvalue weighted by atomic mass is 16.1. The first-order valence-corrected chi connectivity index (χ1v) is 6.63. The predicted octanol–water partition coefficient (Wildman–Crippen LogP) is 1.08. The Hall–Kier alpha value is -1.49. The van der Waals surface area contributed by atoms with E-state index in [1.807, 2.05) is 0 Å². The second kappa shape index (κ2) is 7.06. The van der Waals surface area contributed by atoms with Gasteiger partial charge in [-0.25, -0.2) is 4.98 Å². The van der Waals surface area contributed by atoms with E-state index in [9.17, 15) is 4.79 Å². The summed E-state index contributed by atoms with van der Waals surface area (Å²) in [6, 6.07) is 0. The van der Waals surface area contributed by atoms with Gasteiger partial charge in [-0.1, -0.05) is 0 Å². The van der Waals surface area contributed by atoms with Crippen LogP contribution in [0.15, 0.2) is 18.6 Å². The number of nitrogens with zero attached hydrogens (tertiary/aromatic N) is 3. The maximum absolute atomic E-state index is 11.6. The monoisotopic (exact) mass is 248 g/mol. The minimum Gasteiger partial charge on any atom is -0.351 e. The average molecular weight is 248 g/mol. The summed E-state index contributed by atoms with van der Waals surface area (Å²) in [5.74, 6) is -0.135. The van der Waals surface area contributed by atoms with Crippen molar-refractivity contribution < 1.29 is 4.79 Å². The second-order valence-corrected chi connectivity index (χ2v) is 4.60. The van der Waals surface area contributed by atoms with Crippen molar-refractivity contribution in [2.75, 3.05) is 26.2 Å². The maximum Gasteiger partial charge on any atom is 0.271 e. The van der Waals surface area contributed by atoms with Crippen molar-refractivity contribution in [2.24, 2.45) is 0 Å². The van der Waals surface area contributed by atoms with Crippen LogP contribution in [-0.4, -0.2) is 47.0 Å². The number of hydrogen-bond acceptors (Lipinski definition) is 4. The summed E-state index contributed by atoms with van der Waals surface area (Å²) >= 11 is 0. The Bertz CT molecular complexity index is 363. The number of likely N-dealkylation sites (tertiary alicyclic amines) is 1. The lowest BCUT2D eigenvalue weighted by Crippen LogP contribution is -2.26. The number of hydrogen-bond donors (Lipinski definition) is 1. The van der Waals surface area contributed by atoms with Crippen LogP contribution in [0.4, 0.5) is 0 Å². The van der Waals surface area contributed by atoms with Crippen LogP contribution in [0, 0.1) is 0 Å². The molecular weight excluding hydrogens is 228 g/mol. The molecule has 0 saturated carbocycles. The van der Waals surface area contributed by atoms with E-state index in [1.165, 1.54) is 38.3 Å². The van der Waals surface area contributed by atoms with Gasteiger partial charge in [-0.15, -0.1) is 0 Å². The van der Waals surface area contributed by atoms with Gasteiger partial charge in [0.1, 0.15) is 5.69 Å². The minimum atomic E-state index is -0.135. The Morgan fingerprint density at radius 3 is 2.83 bits per heavy atom. The Labute approximate surface area is 108 Å². The van der Waals surface area contributed by atoms with Gasteiger partial charge in [-0.3, -0.25) is 9.78 Å². The van der Waals surface area contributed by atoms with Crippen molar-refractivity contribution in [1.29, 1.82) is 0 Å². The zero-order valence-electron chi connectivity index (χ0n) is 10.6. The molecule has 1 aromatic heterocycles. The number of amides is 1. The molecule has 1 amide bonds. The fourth-order valence-electron chi connectivity index (χ4n) is 2.18. The number of rotatable bonds is 6. The molecule has 0 spiro atoms. The smallest absolute Gasteiger partial charge is 0.271 e. The highest BCUT2D eigenvalue weighted by Crippen LogP contribution is 2.07. The molecule has 98 valence electrons. The van der Waals surface area contributed by atoms with Gasteiger partial charge >= 0.3 is 0 Å². The van der Waals surface area contributed by atoms with Crippen molar-refractivity contribution in [1.82, 2.24) is 20.2 Å². The largest absolute Gasteiger partial charge is 0.351 e. The zero-order valence-corrected chi connectivity index (χ0v) is 10.6. The Balaban J connectivity index is 1.56. The summed E-state index contributed by atoms with van der Waals surface area (Å²) in [5.41, 5.74) is 0.386. The Kier molecular flexibility index (Phi) is 5.08. The molecule has 1 saturated heterocycles. The first kappa shape index (κ1) is 13.0. The van der Waals surface area contributed by atoms with Gasteiger partial charge in [0.05, 0.1) is 6.20 Å². The van der Waals surface area contributed by atoms with Crippen LogP contribution < -0.4 is 5.32 Å². The van der Waals surface area contributed by atoms with E-state index in [-0.39, 0.29) is 5.91 Å². The minimum absolute atomic E-state index is 0.135. The average Bonchev–Trinajstić information content (AvgIpc) is 2.92. The van der Waals surface area contributed by atoms with E-state index in [4.69, 9.17) is 0 Å². The van der Waals surface area contributed by atoms with Crippen molar-refractivity contribution in [3.05, 3.63) is 24.3 Å². The SMILES string of the molecule is O=C(NCCCCN1CCCC1)c1cnccn1. The molecule has 18 heavy (non-hydrogen) atoms. The third kappa shape index (κ3) is 4.07. The van der Waals surface area contributed by atoms with Gasteiger partial charge < -0.3 is 10.2 Å². The lowest BCUT2D eigenvalue weighted by atomic mass is 10.3. The van der Waals surface area contributed by atoms with Crippen molar-refractivity contribution in [2.45, 2.75) is 25.7 Å². The van der Waals surface area contributed by atoms with Gasteiger partial charge in [-0.05, 0) is 45.3 Å². The topological polar surface area (TPSA) is 58.1 Å². The highest BCUT2D eigenvalue weighted by molar-refractivity contribution is 5.91. The van der Waals surface area contributed by atoms with E-state index in [1.54, 1.807) is 6.20 Å². The molecule has 0 bridgehead atoms. The third-order valence-electron chi connectivity index (χ3n) is 3.18. The van der Waals surface area contributed by atoms with E-state index in [2.05, 4.69) is 20.2 Å². The van der Waals surface area contributed by atoms with Crippen molar-refractivity contribution >= 4 is 5.91 Å². The van der Waals surface area contributed by atoms with Gasteiger partial charge in [0.2, 0.25) is 0 Å². The van der Waals surface area contributed by atoms with Crippen LogP contribution in [-0.2, 0) is 0 Å². The molecular formula is C13H20N4O. The van der Waals surface area contributed by atoms with Crippen LogP contribution in [0.25, 0.3) is 0 Å². The van der Waals surface area contributed by atoms with Gasteiger partial charge in [0.15, 0.2) is 0 Å². The van der Waals surface area contributed by atoms with E-state index < -0.39 is 0 Å². The molecule has 5 heteroatoms. The summed E-state index contributed by atoms with van der Waals surface area (Å²) in [5, 5.41) is 2.86. The van der Waals surface area contributed by atoms with Crippen molar-refractivity contribution in [3.63, 3.8) is 0 Å². The van der Waals surface area contributed by atoms with Crippen LogP contribution >= 0.6 is 0 Å². The molecule has 1 N–H and O–H groups in total. The summed E-state index contributed by atoms with van der Waals surface area (Å²) < 4.78 is 0. The highest BCUT2D eigenvalue weighted by Gasteiger charge is 2.10. The normalized spacial score (nSPS) is 15.8. The molecule has 1 aliphatic rings. The third-order valence-corrected chi connectivity index (χ3v) is 3.18. The molecule has 2 rings (SSSR count). The zero-order chi connectivity index (χ0) is 12.6. The summed E-state index contributed by atoms with van der Waals surface area (Å²) in [4.78, 5) is 22.0. The fraction of sp³-hybridized carbons (Fsp3) is 0.615. The standard InChI is InChI=1S/C13H20N4O/c18-13(12-11-14-6-7-15-12)16-5-1-2-8-17-9-3-4-10-17/h6-7,11H,1-5,8-10H2,(H,16,18). The fourth-order valence-corrected chi connectivity index (χ4v) is 2.18. The van der Waals surface area contributed by atoms with Crippen molar-refractivity contribution in [3.8, 4) is 0 Å². The molecule has 0 radical (unpaired) electrons. The molecule has 0 atom stereocenters. The van der Waals surface area contributed by atoms with Crippen LogP contribution in [0.2, 0.25) is 0 Å². The van der Waals surface area contributed by atoms with Crippen LogP contribution in [0.3, 0.4) is 0 Å². The summed E-state index contributed by atoms with van der Waals surface area (Å²) in [6.07, 6.45) is 9.41. The number of aromatic nitrogens is 2. The van der Waals surface area contributed by atoms with Gasteiger partial charge in [0, 0.05) is 18.9 Å². The molecule has 1 aromatic rings. The Morgan fingerprint density at radius 2 is 2.11 bits per heavy atom. The molecule has 0 aromatic carbocycles. The first-order valence-electron chi connectivity index (χ1n) is 6.63. The molecule has 5 nitrogen and oxygen atoms in total. The van der Waals surface area contributed by atoms with E-state index in [0.717, 1.165) is 19.4 Å². The molecule has 1 aliphatic heterocycles. The number of carbonyl (C=O) groups excluding carboxylic acids is 1. The van der Waals surface area contributed by atoms with Crippen LogP contribution in [0.1, 0.15) is 36.2 Å².